The second-order valence-electron chi connectivity index (χ2n) is 4.35. The van der Waals surface area contributed by atoms with Crippen molar-refractivity contribution in [2.45, 2.75) is 12.7 Å². The van der Waals surface area contributed by atoms with E-state index in [9.17, 15) is 18.0 Å². The fourth-order valence-corrected chi connectivity index (χ4v) is 1.88. The Balaban J connectivity index is 1.81. The number of fused-ring (bicyclic) bond motifs is 1. The Labute approximate surface area is 113 Å². The number of nitrogens with one attached hydrogen (secondary N) is 3. The van der Waals surface area contributed by atoms with Crippen LogP contribution in [0.4, 0.5) is 13.2 Å². The number of rotatable bonds is 5. The Morgan fingerprint density at radius 2 is 2.05 bits per heavy atom. The van der Waals surface area contributed by atoms with Crippen molar-refractivity contribution in [2.75, 3.05) is 13.1 Å². The summed E-state index contributed by atoms with van der Waals surface area (Å²) in [4.78, 5) is 14.3. The molecular formula is C13H14F3N3O. The molecule has 0 fully saturated rings. The van der Waals surface area contributed by atoms with Gasteiger partial charge in [-0.05, 0) is 17.7 Å². The standard InChI is InChI=1S/C13H14F3N3O/c14-13(15,16)8-19-12(20)7-17-6-9-2-1-3-11-10(9)4-5-18-11/h1-5,17-18H,6-8H2,(H,19,20). The van der Waals surface area contributed by atoms with E-state index in [0.717, 1.165) is 16.5 Å². The monoisotopic (exact) mass is 285 g/mol. The Bertz CT molecular complexity index is 592. The van der Waals surface area contributed by atoms with Gasteiger partial charge in [0.15, 0.2) is 0 Å². The summed E-state index contributed by atoms with van der Waals surface area (Å²) in [6.45, 7) is -1.05. The molecule has 2 aromatic rings. The van der Waals surface area contributed by atoms with Crippen LogP contribution in [0.1, 0.15) is 5.56 Å². The first-order valence-electron chi connectivity index (χ1n) is 6.05. The summed E-state index contributed by atoms with van der Waals surface area (Å²) in [6.07, 6.45) is -2.57. The predicted molar refractivity (Wildman–Crippen MR) is 69.1 cm³/mol. The maximum absolute atomic E-state index is 11.9. The van der Waals surface area contributed by atoms with Crippen LogP contribution in [0.25, 0.3) is 10.9 Å². The lowest BCUT2D eigenvalue weighted by Gasteiger charge is -2.09. The fourth-order valence-electron chi connectivity index (χ4n) is 1.88. The number of aromatic amines is 1. The Hall–Kier alpha value is -2.02. The van der Waals surface area contributed by atoms with Crippen LogP contribution < -0.4 is 10.6 Å². The van der Waals surface area contributed by atoms with Gasteiger partial charge < -0.3 is 15.6 Å². The van der Waals surface area contributed by atoms with Crippen molar-refractivity contribution >= 4 is 16.8 Å². The van der Waals surface area contributed by atoms with Gasteiger partial charge in [0.05, 0.1) is 6.54 Å². The lowest BCUT2D eigenvalue weighted by molar-refractivity contribution is -0.137. The minimum Gasteiger partial charge on any atom is -0.361 e. The molecular weight excluding hydrogens is 271 g/mol. The van der Waals surface area contributed by atoms with Crippen molar-refractivity contribution in [2.24, 2.45) is 0 Å². The molecule has 7 heteroatoms. The number of amides is 1. The summed E-state index contributed by atoms with van der Waals surface area (Å²) in [5.74, 6) is -0.677. The maximum atomic E-state index is 11.9. The molecule has 1 heterocycles. The van der Waals surface area contributed by atoms with Crippen molar-refractivity contribution < 1.29 is 18.0 Å². The summed E-state index contributed by atoms with van der Waals surface area (Å²) < 4.78 is 35.7. The molecule has 0 saturated carbocycles. The minimum absolute atomic E-state index is 0.156. The quantitative estimate of drug-likeness (QED) is 0.786. The molecule has 0 atom stereocenters. The first kappa shape index (κ1) is 14.4. The lowest BCUT2D eigenvalue weighted by atomic mass is 10.1. The number of aromatic nitrogens is 1. The third kappa shape index (κ3) is 3.99. The molecule has 0 aliphatic carbocycles. The Morgan fingerprint density at radius 3 is 2.80 bits per heavy atom. The highest BCUT2D eigenvalue weighted by Gasteiger charge is 2.27. The minimum atomic E-state index is -4.38. The second-order valence-corrected chi connectivity index (χ2v) is 4.35. The van der Waals surface area contributed by atoms with Crippen molar-refractivity contribution in [3.8, 4) is 0 Å². The number of benzene rings is 1. The van der Waals surface area contributed by atoms with Crippen molar-refractivity contribution in [1.29, 1.82) is 0 Å². The van der Waals surface area contributed by atoms with E-state index in [1.807, 2.05) is 35.8 Å². The van der Waals surface area contributed by atoms with Gasteiger partial charge in [-0.15, -0.1) is 0 Å². The van der Waals surface area contributed by atoms with Gasteiger partial charge >= 0.3 is 6.18 Å². The first-order chi connectivity index (χ1) is 9.46. The molecule has 0 aliphatic heterocycles. The molecule has 3 N–H and O–H groups in total. The van der Waals surface area contributed by atoms with Gasteiger partial charge in [-0.2, -0.15) is 13.2 Å². The topological polar surface area (TPSA) is 56.9 Å². The van der Waals surface area contributed by atoms with E-state index < -0.39 is 18.6 Å². The molecule has 0 aliphatic rings. The van der Waals surface area contributed by atoms with Crippen LogP contribution in [-0.2, 0) is 11.3 Å². The van der Waals surface area contributed by atoms with E-state index >= 15 is 0 Å². The number of hydrogen-bond donors (Lipinski definition) is 3. The van der Waals surface area contributed by atoms with Gasteiger partial charge in [-0.25, -0.2) is 0 Å². The number of carbonyl (C=O) groups excluding carboxylic acids is 1. The Kier molecular flexibility index (Phi) is 4.29. The maximum Gasteiger partial charge on any atom is 0.405 e. The normalized spacial score (nSPS) is 11.8. The Morgan fingerprint density at radius 1 is 1.25 bits per heavy atom. The van der Waals surface area contributed by atoms with E-state index in [4.69, 9.17) is 0 Å². The summed E-state index contributed by atoms with van der Waals surface area (Å²) in [5.41, 5.74) is 1.96. The molecule has 1 aromatic heterocycles. The van der Waals surface area contributed by atoms with E-state index in [-0.39, 0.29) is 6.54 Å². The zero-order valence-corrected chi connectivity index (χ0v) is 10.6. The SMILES string of the molecule is O=C(CNCc1cccc2[nH]ccc12)NCC(F)(F)F. The van der Waals surface area contributed by atoms with E-state index in [0.29, 0.717) is 6.54 Å². The molecule has 1 amide bonds. The molecule has 0 spiro atoms. The third-order valence-corrected chi connectivity index (χ3v) is 2.77. The molecule has 0 saturated heterocycles. The van der Waals surface area contributed by atoms with Crippen LogP contribution in [0.5, 0.6) is 0 Å². The second kappa shape index (κ2) is 5.96. The highest BCUT2D eigenvalue weighted by Crippen LogP contribution is 2.16. The third-order valence-electron chi connectivity index (χ3n) is 2.77. The van der Waals surface area contributed by atoms with Gasteiger partial charge in [-0.3, -0.25) is 4.79 Å². The highest BCUT2D eigenvalue weighted by atomic mass is 19.4. The van der Waals surface area contributed by atoms with Crippen LogP contribution in [0.15, 0.2) is 30.5 Å². The van der Waals surface area contributed by atoms with Crippen molar-refractivity contribution in [1.82, 2.24) is 15.6 Å². The zero-order chi connectivity index (χ0) is 14.6. The van der Waals surface area contributed by atoms with E-state index in [1.165, 1.54) is 0 Å². The van der Waals surface area contributed by atoms with Gasteiger partial charge in [0.2, 0.25) is 5.91 Å². The molecule has 1 aromatic carbocycles. The summed E-state index contributed by atoms with van der Waals surface area (Å²) in [5, 5.41) is 5.66. The van der Waals surface area contributed by atoms with Crippen LogP contribution in [0, 0.1) is 0 Å². The molecule has 108 valence electrons. The van der Waals surface area contributed by atoms with E-state index in [2.05, 4.69) is 10.3 Å². The number of carbonyl (C=O) groups is 1. The van der Waals surface area contributed by atoms with Crippen LogP contribution in [-0.4, -0.2) is 30.2 Å². The van der Waals surface area contributed by atoms with Gasteiger partial charge in [-0.1, -0.05) is 12.1 Å². The lowest BCUT2D eigenvalue weighted by Crippen LogP contribution is -2.39. The van der Waals surface area contributed by atoms with Crippen LogP contribution in [0.2, 0.25) is 0 Å². The van der Waals surface area contributed by atoms with E-state index in [1.54, 1.807) is 0 Å². The first-order valence-corrected chi connectivity index (χ1v) is 6.05. The average molecular weight is 285 g/mol. The van der Waals surface area contributed by atoms with Crippen LogP contribution >= 0.6 is 0 Å². The van der Waals surface area contributed by atoms with Gasteiger partial charge in [0.25, 0.3) is 0 Å². The summed E-state index contributed by atoms with van der Waals surface area (Å²) in [7, 11) is 0. The number of halogens is 3. The summed E-state index contributed by atoms with van der Waals surface area (Å²) >= 11 is 0. The smallest absolute Gasteiger partial charge is 0.361 e. The average Bonchev–Trinajstić information content (AvgIpc) is 2.84. The van der Waals surface area contributed by atoms with Gasteiger partial charge in [0, 0.05) is 23.6 Å². The number of hydrogen-bond acceptors (Lipinski definition) is 2. The predicted octanol–water partition coefficient (Wildman–Crippen LogP) is 1.94. The summed E-state index contributed by atoms with van der Waals surface area (Å²) in [6, 6.07) is 7.61. The van der Waals surface area contributed by atoms with Crippen molar-refractivity contribution in [3.05, 3.63) is 36.0 Å². The molecule has 0 radical (unpaired) electrons. The van der Waals surface area contributed by atoms with Crippen molar-refractivity contribution in [3.63, 3.8) is 0 Å². The largest absolute Gasteiger partial charge is 0.405 e. The van der Waals surface area contributed by atoms with Gasteiger partial charge in [0.1, 0.15) is 6.54 Å². The highest BCUT2D eigenvalue weighted by molar-refractivity contribution is 5.83. The molecule has 2 rings (SSSR count). The number of H-pyrrole nitrogens is 1. The number of alkyl halides is 3. The zero-order valence-electron chi connectivity index (χ0n) is 10.6. The molecule has 20 heavy (non-hydrogen) atoms. The van der Waals surface area contributed by atoms with Crippen LogP contribution in [0.3, 0.4) is 0 Å². The fraction of sp³-hybridized carbons (Fsp3) is 0.308. The molecule has 0 bridgehead atoms. The molecule has 0 unspecified atom stereocenters. The molecule has 4 nitrogen and oxygen atoms in total.